The van der Waals surface area contributed by atoms with E-state index in [1.807, 2.05) is 0 Å². The maximum atomic E-state index is 10.4. The van der Waals surface area contributed by atoms with Gasteiger partial charge in [-0.05, 0) is 43.4 Å². The topological polar surface area (TPSA) is 20.2 Å². The highest BCUT2D eigenvalue weighted by Crippen LogP contribution is 2.48. The summed E-state index contributed by atoms with van der Waals surface area (Å²) in [6.45, 7) is 4.37. The van der Waals surface area contributed by atoms with E-state index in [4.69, 9.17) is 0 Å². The van der Waals surface area contributed by atoms with Gasteiger partial charge in [-0.2, -0.15) is 0 Å². The molecular weight excluding hydrogens is 184 g/mol. The lowest BCUT2D eigenvalue weighted by atomic mass is 9.71. The van der Waals surface area contributed by atoms with Gasteiger partial charge in [0.05, 0.1) is 5.60 Å². The molecule has 86 valence electrons. The van der Waals surface area contributed by atoms with Gasteiger partial charge in [0.2, 0.25) is 0 Å². The lowest BCUT2D eigenvalue weighted by Crippen LogP contribution is -2.34. The van der Waals surface area contributed by atoms with Crippen molar-refractivity contribution in [2.24, 2.45) is 11.3 Å². The molecule has 0 radical (unpaired) electrons. The Hall–Kier alpha value is -0.300. The molecule has 0 aromatic heterocycles. The molecule has 0 saturated heterocycles. The van der Waals surface area contributed by atoms with Gasteiger partial charge in [-0.3, -0.25) is 0 Å². The molecule has 1 spiro atoms. The van der Waals surface area contributed by atoms with Crippen LogP contribution < -0.4 is 0 Å². The summed E-state index contributed by atoms with van der Waals surface area (Å²) in [5, 5.41) is 10.4. The van der Waals surface area contributed by atoms with E-state index in [9.17, 15) is 5.11 Å². The summed E-state index contributed by atoms with van der Waals surface area (Å²) in [5.41, 5.74) is -0.0226. The fourth-order valence-corrected chi connectivity index (χ4v) is 3.34. The van der Waals surface area contributed by atoms with Gasteiger partial charge in [-0.25, -0.2) is 0 Å². The first-order valence-corrected chi connectivity index (χ1v) is 6.47. The molecule has 2 aliphatic rings. The zero-order valence-electron chi connectivity index (χ0n) is 10.1. The van der Waals surface area contributed by atoms with Crippen molar-refractivity contribution in [3.63, 3.8) is 0 Å². The molecule has 0 aromatic rings. The van der Waals surface area contributed by atoms with Crippen LogP contribution in [0.3, 0.4) is 0 Å². The van der Waals surface area contributed by atoms with Crippen LogP contribution in [0, 0.1) is 11.3 Å². The second-order valence-corrected chi connectivity index (χ2v) is 6.10. The van der Waals surface area contributed by atoms with E-state index in [2.05, 4.69) is 26.0 Å². The highest BCUT2D eigenvalue weighted by molar-refractivity contribution is 5.14. The summed E-state index contributed by atoms with van der Waals surface area (Å²) in [7, 11) is 0. The van der Waals surface area contributed by atoms with Crippen LogP contribution >= 0.6 is 0 Å². The van der Waals surface area contributed by atoms with Crippen molar-refractivity contribution in [2.75, 3.05) is 0 Å². The van der Waals surface area contributed by atoms with Crippen LogP contribution in [0.2, 0.25) is 0 Å². The van der Waals surface area contributed by atoms with Crippen LogP contribution in [-0.4, -0.2) is 10.7 Å². The van der Waals surface area contributed by atoms with Crippen molar-refractivity contribution in [3.05, 3.63) is 12.2 Å². The van der Waals surface area contributed by atoms with E-state index in [1.165, 1.54) is 32.1 Å². The Balaban J connectivity index is 2.04. The molecule has 15 heavy (non-hydrogen) atoms. The minimum atomic E-state index is -0.498. The predicted molar refractivity (Wildman–Crippen MR) is 63.7 cm³/mol. The lowest BCUT2D eigenvalue weighted by molar-refractivity contribution is 0.0374. The molecule has 1 N–H and O–H groups in total. The fraction of sp³-hybridized carbons (Fsp3) is 0.857. The average Bonchev–Trinajstić information content (AvgIpc) is 2.59. The van der Waals surface area contributed by atoms with Crippen LogP contribution in [0.15, 0.2) is 12.2 Å². The standard InChI is InChI=1S/C14H24O/c1-12(2)11-14(15)9-7-13(8-10-14)5-3-4-6-13/h7,9,12,15H,3-6,8,10-11H2,1-2H3. The minimum Gasteiger partial charge on any atom is -0.386 e. The van der Waals surface area contributed by atoms with Crippen molar-refractivity contribution in [1.29, 1.82) is 0 Å². The number of hydrogen-bond acceptors (Lipinski definition) is 1. The third-order valence-electron chi connectivity index (χ3n) is 4.16. The quantitative estimate of drug-likeness (QED) is 0.686. The highest BCUT2D eigenvalue weighted by Gasteiger charge is 2.38. The van der Waals surface area contributed by atoms with Gasteiger partial charge in [0.1, 0.15) is 0 Å². The predicted octanol–water partition coefficient (Wildman–Crippen LogP) is 3.67. The van der Waals surface area contributed by atoms with E-state index in [0.717, 1.165) is 12.8 Å². The van der Waals surface area contributed by atoms with Gasteiger partial charge >= 0.3 is 0 Å². The van der Waals surface area contributed by atoms with Gasteiger partial charge in [-0.1, -0.05) is 38.8 Å². The van der Waals surface area contributed by atoms with Crippen LogP contribution in [0.4, 0.5) is 0 Å². The molecule has 1 fully saturated rings. The van der Waals surface area contributed by atoms with Crippen LogP contribution in [0.25, 0.3) is 0 Å². The maximum absolute atomic E-state index is 10.4. The lowest BCUT2D eigenvalue weighted by Gasteiger charge is -2.37. The SMILES string of the molecule is CC(C)CC1(O)C=CC2(CCCC2)CC1. The van der Waals surface area contributed by atoms with Crippen molar-refractivity contribution in [3.8, 4) is 0 Å². The number of hydrogen-bond donors (Lipinski definition) is 1. The smallest absolute Gasteiger partial charge is 0.0830 e. The summed E-state index contributed by atoms with van der Waals surface area (Å²) in [5.74, 6) is 0.581. The zero-order valence-corrected chi connectivity index (χ0v) is 10.1. The first-order chi connectivity index (χ1) is 7.04. The monoisotopic (exact) mass is 208 g/mol. The van der Waals surface area contributed by atoms with Crippen LogP contribution in [0.1, 0.15) is 58.8 Å². The highest BCUT2D eigenvalue weighted by atomic mass is 16.3. The van der Waals surface area contributed by atoms with Crippen LogP contribution in [0.5, 0.6) is 0 Å². The first kappa shape index (κ1) is 11.2. The van der Waals surface area contributed by atoms with Gasteiger partial charge in [0.15, 0.2) is 0 Å². The zero-order chi connectivity index (χ0) is 10.9. The molecule has 2 rings (SSSR count). The molecule has 1 atom stereocenters. The summed E-state index contributed by atoms with van der Waals surface area (Å²) in [4.78, 5) is 0. The van der Waals surface area contributed by atoms with Gasteiger partial charge in [-0.15, -0.1) is 0 Å². The first-order valence-electron chi connectivity index (χ1n) is 6.47. The Morgan fingerprint density at radius 3 is 2.20 bits per heavy atom. The molecule has 2 aliphatic carbocycles. The van der Waals surface area contributed by atoms with Gasteiger partial charge in [0, 0.05) is 0 Å². The fourth-order valence-electron chi connectivity index (χ4n) is 3.34. The van der Waals surface area contributed by atoms with Crippen molar-refractivity contribution < 1.29 is 5.11 Å². The molecule has 0 heterocycles. The third-order valence-corrected chi connectivity index (χ3v) is 4.16. The molecule has 1 nitrogen and oxygen atoms in total. The van der Waals surface area contributed by atoms with Gasteiger partial charge in [0.25, 0.3) is 0 Å². The second kappa shape index (κ2) is 3.93. The van der Waals surface area contributed by atoms with Crippen LogP contribution in [-0.2, 0) is 0 Å². The molecule has 0 aliphatic heterocycles. The summed E-state index contributed by atoms with van der Waals surface area (Å²) >= 11 is 0. The maximum Gasteiger partial charge on any atom is 0.0830 e. The van der Waals surface area contributed by atoms with E-state index in [1.54, 1.807) is 0 Å². The summed E-state index contributed by atoms with van der Waals surface area (Å²) in [6.07, 6.45) is 13.0. The number of aliphatic hydroxyl groups is 1. The van der Waals surface area contributed by atoms with Crippen molar-refractivity contribution >= 4 is 0 Å². The van der Waals surface area contributed by atoms with E-state index >= 15 is 0 Å². The molecule has 0 bridgehead atoms. The Kier molecular flexibility index (Phi) is 2.94. The molecule has 1 heteroatoms. The normalized spacial score (nSPS) is 34.1. The van der Waals surface area contributed by atoms with Crippen molar-refractivity contribution in [1.82, 2.24) is 0 Å². The Morgan fingerprint density at radius 2 is 1.73 bits per heavy atom. The number of rotatable bonds is 2. The molecule has 1 saturated carbocycles. The average molecular weight is 208 g/mol. The summed E-state index contributed by atoms with van der Waals surface area (Å²) in [6, 6.07) is 0. The third kappa shape index (κ3) is 2.44. The molecule has 0 aromatic carbocycles. The Bertz CT molecular complexity index is 248. The largest absolute Gasteiger partial charge is 0.386 e. The Labute approximate surface area is 93.6 Å². The van der Waals surface area contributed by atoms with E-state index in [-0.39, 0.29) is 0 Å². The Morgan fingerprint density at radius 1 is 1.07 bits per heavy atom. The van der Waals surface area contributed by atoms with Crippen molar-refractivity contribution in [2.45, 2.75) is 64.4 Å². The number of allylic oxidation sites excluding steroid dienone is 1. The molecular formula is C14H24O. The summed E-state index contributed by atoms with van der Waals surface area (Å²) < 4.78 is 0. The molecule has 1 unspecified atom stereocenters. The molecule has 0 amide bonds. The van der Waals surface area contributed by atoms with E-state index in [0.29, 0.717) is 11.3 Å². The van der Waals surface area contributed by atoms with E-state index < -0.39 is 5.60 Å². The minimum absolute atomic E-state index is 0.475. The van der Waals surface area contributed by atoms with Gasteiger partial charge < -0.3 is 5.11 Å². The second-order valence-electron chi connectivity index (χ2n) is 6.10.